The molecule has 0 saturated carbocycles. The molecule has 2 heterocycles. The molecule has 7 heteroatoms. The number of benzene rings is 1. The lowest BCUT2D eigenvalue weighted by Crippen LogP contribution is -2.00. The summed E-state index contributed by atoms with van der Waals surface area (Å²) in [5, 5.41) is 8.91. The molecular formula is C17H12N4O3. The molecule has 0 aliphatic heterocycles. The fourth-order valence-electron chi connectivity index (χ4n) is 1.87. The molecule has 0 bridgehead atoms. The predicted octanol–water partition coefficient (Wildman–Crippen LogP) is 2.93. The van der Waals surface area contributed by atoms with Crippen LogP contribution >= 0.6 is 0 Å². The van der Waals surface area contributed by atoms with Gasteiger partial charge in [-0.25, -0.2) is 19.7 Å². The highest BCUT2D eigenvalue weighted by atomic mass is 16.5. The standard InChI is InChI=1S/C17H12N4O3/c22-17(23)15-9-13(20-11-21-15)4-1-12-2-5-14(6-3-12)24-16-10-18-7-8-19-16/h1-11H,(H,22,23)/b4-1+. The number of nitrogens with zero attached hydrogens (tertiary/aromatic N) is 4. The Bertz CT molecular complexity index is 865. The highest BCUT2D eigenvalue weighted by Gasteiger charge is 2.04. The topological polar surface area (TPSA) is 98.1 Å². The highest BCUT2D eigenvalue weighted by Crippen LogP contribution is 2.19. The summed E-state index contributed by atoms with van der Waals surface area (Å²) in [4.78, 5) is 26.5. The molecule has 3 aromatic rings. The van der Waals surface area contributed by atoms with Crippen LogP contribution in [0.3, 0.4) is 0 Å². The van der Waals surface area contributed by atoms with E-state index in [2.05, 4.69) is 19.9 Å². The van der Waals surface area contributed by atoms with Crippen LogP contribution in [0.15, 0.2) is 55.2 Å². The Labute approximate surface area is 137 Å². The smallest absolute Gasteiger partial charge is 0.354 e. The van der Waals surface area contributed by atoms with E-state index in [0.29, 0.717) is 17.3 Å². The lowest BCUT2D eigenvalue weighted by atomic mass is 10.2. The van der Waals surface area contributed by atoms with E-state index in [4.69, 9.17) is 9.84 Å². The Hall–Kier alpha value is -3.61. The number of carbonyl (C=O) groups is 1. The number of ether oxygens (including phenoxy) is 1. The number of rotatable bonds is 5. The van der Waals surface area contributed by atoms with Gasteiger partial charge in [-0.2, -0.15) is 0 Å². The van der Waals surface area contributed by atoms with Crippen molar-refractivity contribution < 1.29 is 14.6 Å². The minimum Gasteiger partial charge on any atom is -0.477 e. The van der Waals surface area contributed by atoms with Gasteiger partial charge in [-0.1, -0.05) is 18.2 Å². The van der Waals surface area contributed by atoms with Crippen LogP contribution in [0.25, 0.3) is 12.2 Å². The van der Waals surface area contributed by atoms with Crippen LogP contribution < -0.4 is 4.74 Å². The molecule has 0 radical (unpaired) electrons. The Kier molecular flexibility index (Phi) is 4.52. The van der Waals surface area contributed by atoms with E-state index in [1.807, 2.05) is 18.2 Å². The maximum atomic E-state index is 10.9. The van der Waals surface area contributed by atoms with Crippen molar-refractivity contribution in [3.63, 3.8) is 0 Å². The van der Waals surface area contributed by atoms with Crippen LogP contribution in [0.2, 0.25) is 0 Å². The van der Waals surface area contributed by atoms with Gasteiger partial charge in [0.05, 0.1) is 11.9 Å². The van der Waals surface area contributed by atoms with E-state index >= 15 is 0 Å². The summed E-state index contributed by atoms with van der Waals surface area (Å²) in [7, 11) is 0. The molecule has 0 aliphatic carbocycles. The van der Waals surface area contributed by atoms with E-state index in [1.54, 1.807) is 30.6 Å². The van der Waals surface area contributed by atoms with Gasteiger partial charge in [0.1, 0.15) is 12.1 Å². The van der Waals surface area contributed by atoms with Gasteiger partial charge < -0.3 is 9.84 Å². The average molecular weight is 320 g/mol. The van der Waals surface area contributed by atoms with Gasteiger partial charge in [-0.15, -0.1) is 0 Å². The molecule has 0 atom stereocenters. The monoisotopic (exact) mass is 320 g/mol. The average Bonchev–Trinajstić information content (AvgIpc) is 2.62. The van der Waals surface area contributed by atoms with Crippen LogP contribution in [-0.2, 0) is 0 Å². The first-order valence-corrected chi connectivity index (χ1v) is 6.98. The third kappa shape index (κ3) is 3.98. The van der Waals surface area contributed by atoms with E-state index in [1.165, 1.54) is 18.6 Å². The molecule has 3 rings (SSSR count). The second kappa shape index (κ2) is 7.10. The van der Waals surface area contributed by atoms with Crippen molar-refractivity contribution in [2.45, 2.75) is 0 Å². The van der Waals surface area contributed by atoms with Crippen LogP contribution in [0.1, 0.15) is 21.7 Å². The molecule has 2 aromatic heterocycles. The summed E-state index contributed by atoms with van der Waals surface area (Å²) in [6.07, 6.45) is 9.42. The quantitative estimate of drug-likeness (QED) is 0.771. The first-order chi connectivity index (χ1) is 11.7. The summed E-state index contributed by atoms with van der Waals surface area (Å²) >= 11 is 0. The Balaban J connectivity index is 1.70. The zero-order valence-corrected chi connectivity index (χ0v) is 12.4. The fraction of sp³-hybridized carbons (Fsp3) is 0. The first-order valence-electron chi connectivity index (χ1n) is 6.98. The minimum absolute atomic E-state index is 0.0441. The van der Waals surface area contributed by atoms with Crippen LogP contribution in [0, 0.1) is 0 Å². The lowest BCUT2D eigenvalue weighted by Gasteiger charge is -2.03. The van der Waals surface area contributed by atoms with E-state index in [9.17, 15) is 4.79 Å². The number of aromatic nitrogens is 4. The Morgan fingerprint density at radius 2 is 1.88 bits per heavy atom. The van der Waals surface area contributed by atoms with Gasteiger partial charge >= 0.3 is 5.97 Å². The van der Waals surface area contributed by atoms with Gasteiger partial charge in [0.2, 0.25) is 5.88 Å². The van der Waals surface area contributed by atoms with Gasteiger partial charge in [0.15, 0.2) is 5.69 Å². The number of carboxylic acid groups (broad SMARTS) is 1. The highest BCUT2D eigenvalue weighted by molar-refractivity contribution is 5.86. The second-order valence-corrected chi connectivity index (χ2v) is 4.68. The molecule has 1 N–H and O–H groups in total. The number of carboxylic acids is 1. The van der Waals surface area contributed by atoms with Crippen molar-refractivity contribution in [1.82, 2.24) is 19.9 Å². The van der Waals surface area contributed by atoms with Gasteiger partial charge in [-0.3, -0.25) is 4.98 Å². The van der Waals surface area contributed by atoms with Gasteiger partial charge in [0.25, 0.3) is 0 Å². The Morgan fingerprint density at radius 1 is 1.04 bits per heavy atom. The fourth-order valence-corrected chi connectivity index (χ4v) is 1.87. The van der Waals surface area contributed by atoms with Crippen molar-refractivity contribution >= 4 is 18.1 Å². The zero-order valence-electron chi connectivity index (χ0n) is 12.4. The molecule has 0 aliphatic rings. The summed E-state index contributed by atoms with van der Waals surface area (Å²) in [5.74, 6) is -0.0246. The lowest BCUT2D eigenvalue weighted by molar-refractivity contribution is 0.0690. The number of aromatic carboxylic acids is 1. The summed E-state index contributed by atoms with van der Waals surface area (Å²) < 4.78 is 5.55. The maximum absolute atomic E-state index is 10.9. The zero-order chi connectivity index (χ0) is 16.8. The van der Waals surface area contributed by atoms with E-state index in [0.717, 1.165) is 5.56 Å². The normalized spacial score (nSPS) is 10.7. The van der Waals surface area contributed by atoms with E-state index in [-0.39, 0.29) is 5.69 Å². The number of hydrogen-bond donors (Lipinski definition) is 1. The molecule has 0 amide bonds. The van der Waals surface area contributed by atoms with Crippen molar-refractivity contribution in [3.05, 3.63) is 72.2 Å². The first kappa shape index (κ1) is 15.3. The van der Waals surface area contributed by atoms with Crippen molar-refractivity contribution in [3.8, 4) is 11.6 Å². The van der Waals surface area contributed by atoms with Crippen molar-refractivity contribution in [1.29, 1.82) is 0 Å². The second-order valence-electron chi connectivity index (χ2n) is 4.68. The third-order valence-electron chi connectivity index (χ3n) is 3.00. The molecule has 118 valence electrons. The molecule has 0 unspecified atom stereocenters. The Morgan fingerprint density at radius 3 is 2.58 bits per heavy atom. The molecule has 0 spiro atoms. The molecule has 0 saturated heterocycles. The molecule has 24 heavy (non-hydrogen) atoms. The maximum Gasteiger partial charge on any atom is 0.354 e. The number of hydrogen-bond acceptors (Lipinski definition) is 6. The minimum atomic E-state index is -1.09. The molecule has 0 fully saturated rings. The summed E-state index contributed by atoms with van der Waals surface area (Å²) in [5.41, 5.74) is 1.39. The van der Waals surface area contributed by atoms with Crippen LogP contribution in [-0.4, -0.2) is 31.0 Å². The molecule has 1 aromatic carbocycles. The van der Waals surface area contributed by atoms with E-state index < -0.39 is 5.97 Å². The summed E-state index contributed by atoms with van der Waals surface area (Å²) in [6, 6.07) is 8.74. The molecular weight excluding hydrogens is 308 g/mol. The van der Waals surface area contributed by atoms with Gasteiger partial charge in [0, 0.05) is 12.4 Å². The SMILES string of the molecule is O=C(O)c1cc(/C=C/c2ccc(Oc3cnccn3)cc2)ncn1. The largest absolute Gasteiger partial charge is 0.477 e. The molecule has 7 nitrogen and oxygen atoms in total. The van der Waals surface area contributed by atoms with Crippen molar-refractivity contribution in [2.75, 3.05) is 0 Å². The third-order valence-corrected chi connectivity index (χ3v) is 3.00. The summed E-state index contributed by atoms with van der Waals surface area (Å²) in [6.45, 7) is 0. The van der Waals surface area contributed by atoms with Crippen molar-refractivity contribution in [2.24, 2.45) is 0 Å². The van der Waals surface area contributed by atoms with Crippen LogP contribution in [0.5, 0.6) is 11.6 Å². The predicted molar refractivity (Wildman–Crippen MR) is 86.5 cm³/mol. The van der Waals surface area contributed by atoms with Gasteiger partial charge in [-0.05, 0) is 29.8 Å². The van der Waals surface area contributed by atoms with Crippen LogP contribution in [0.4, 0.5) is 0 Å².